The highest BCUT2D eigenvalue weighted by Gasteiger charge is 2.13. The summed E-state index contributed by atoms with van der Waals surface area (Å²) in [6.07, 6.45) is 0. The summed E-state index contributed by atoms with van der Waals surface area (Å²) in [5, 5.41) is 0. The lowest BCUT2D eigenvalue weighted by atomic mass is 10.2. The highest BCUT2D eigenvalue weighted by molar-refractivity contribution is 9.10. The molecule has 2 aromatic rings. The molecular weight excluding hydrogens is 347 g/mol. The van der Waals surface area contributed by atoms with Crippen molar-refractivity contribution in [3.8, 4) is 0 Å². The zero-order chi connectivity index (χ0) is 14.8. The minimum absolute atomic E-state index is 0.183. The van der Waals surface area contributed by atoms with E-state index in [2.05, 4.69) is 20.7 Å². The van der Waals surface area contributed by atoms with Crippen molar-refractivity contribution in [2.45, 2.75) is 5.75 Å². The number of hydrogen-bond donors (Lipinski definition) is 2. The molecule has 0 fully saturated rings. The van der Waals surface area contributed by atoms with Crippen molar-refractivity contribution >= 4 is 37.3 Å². The van der Waals surface area contributed by atoms with Gasteiger partial charge in [0.2, 0.25) is 10.0 Å². The van der Waals surface area contributed by atoms with Crippen LogP contribution in [0.15, 0.2) is 46.9 Å². The molecule has 0 aromatic heterocycles. The quantitative estimate of drug-likeness (QED) is 0.824. The van der Waals surface area contributed by atoms with Crippen molar-refractivity contribution in [1.29, 1.82) is 0 Å². The first-order chi connectivity index (χ1) is 9.35. The van der Waals surface area contributed by atoms with Gasteiger partial charge >= 0.3 is 0 Å². The van der Waals surface area contributed by atoms with Crippen molar-refractivity contribution in [2.75, 3.05) is 10.5 Å². The molecule has 3 N–H and O–H groups in total. The average Bonchev–Trinajstić information content (AvgIpc) is 2.35. The van der Waals surface area contributed by atoms with Crippen molar-refractivity contribution < 1.29 is 12.8 Å². The fraction of sp³-hybridized carbons (Fsp3) is 0.0769. The van der Waals surface area contributed by atoms with Crippen molar-refractivity contribution in [3.05, 3.63) is 58.3 Å². The molecule has 0 bridgehead atoms. The van der Waals surface area contributed by atoms with Gasteiger partial charge in [0.25, 0.3) is 0 Å². The topological polar surface area (TPSA) is 72.2 Å². The number of nitrogen functional groups attached to an aromatic ring is 1. The Kier molecular flexibility index (Phi) is 4.29. The Balaban J connectivity index is 2.17. The van der Waals surface area contributed by atoms with Crippen LogP contribution in [-0.2, 0) is 15.8 Å². The number of halogens is 2. The molecule has 0 atom stereocenters. The van der Waals surface area contributed by atoms with Gasteiger partial charge in [-0.25, -0.2) is 12.8 Å². The molecule has 0 aliphatic rings. The number of hydrogen-bond acceptors (Lipinski definition) is 3. The van der Waals surface area contributed by atoms with E-state index in [-0.39, 0.29) is 5.75 Å². The van der Waals surface area contributed by atoms with E-state index in [1.807, 2.05) is 0 Å². The smallest absolute Gasteiger partial charge is 0.236 e. The Morgan fingerprint density at radius 2 is 1.80 bits per heavy atom. The first-order valence-electron chi connectivity index (χ1n) is 5.66. The Labute approximate surface area is 125 Å². The van der Waals surface area contributed by atoms with Gasteiger partial charge in [-0.15, -0.1) is 0 Å². The van der Waals surface area contributed by atoms with Gasteiger partial charge in [-0.2, -0.15) is 0 Å². The van der Waals surface area contributed by atoms with Crippen LogP contribution in [0.5, 0.6) is 0 Å². The van der Waals surface area contributed by atoms with Gasteiger partial charge in [0, 0.05) is 10.2 Å². The molecule has 0 saturated carbocycles. The van der Waals surface area contributed by atoms with Crippen LogP contribution in [0, 0.1) is 5.82 Å². The maximum atomic E-state index is 12.9. The Hall–Kier alpha value is -1.60. The van der Waals surface area contributed by atoms with Crippen LogP contribution in [0.3, 0.4) is 0 Å². The summed E-state index contributed by atoms with van der Waals surface area (Å²) >= 11 is 3.11. The molecular formula is C13H12BrFN2O2S. The summed E-state index contributed by atoms with van der Waals surface area (Å²) in [6, 6.07) is 10.3. The normalized spacial score (nSPS) is 11.3. The summed E-state index contributed by atoms with van der Waals surface area (Å²) in [4.78, 5) is 0. The molecule has 2 rings (SSSR count). The van der Waals surface area contributed by atoms with E-state index in [4.69, 9.17) is 5.73 Å². The Morgan fingerprint density at radius 3 is 2.40 bits per heavy atom. The predicted molar refractivity (Wildman–Crippen MR) is 81.2 cm³/mol. The summed E-state index contributed by atoms with van der Waals surface area (Å²) in [5.74, 6) is -0.629. The molecule has 4 nitrogen and oxygen atoms in total. The van der Waals surface area contributed by atoms with Crippen molar-refractivity contribution in [3.63, 3.8) is 0 Å². The molecule has 0 aliphatic heterocycles. The highest BCUT2D eigenvalue weighted by Crippen LogP contribution is 2.24. The first-order valence-corrected chi connectivity index (χ1v) is 8.10. The lowest BCUT2D eigenvalue weighted by Crippen LogP contribution is -2.15. The van der Waals surface area contributed by atoms with Gasteiger partial charge in [-0.05, 0) is 51.8 Å². The lowest BCUT2D eigenvalue weighted by Gasteiger charge is -2.10. The number of benzene rings is 2. The molecule has 7 heteroatoms. The van der Waals surface area contributed by atoms with Gasteiger partial charge in [-0.1, -0.05) is 12.1 Å². The molecule has 106 valence electrons. The van der Waals surface area contributed by atoms with Crippen LogP contribution in [0.1, 0.15) is 5.56 Å². The second kappa shape index (κ2) is 5.80. The van der Waals surface area contributed by atoms with E-state index in [0.717, 1.165) is 0 Å². The van der Waals surface area contributed by atoms with Gasteiger partial charge in [-0.3, -0.25) is 4.72 Å². The second-order valence-electron chi connectivity index (χ2n) is 4.23. The molecule has 2 aromatic carbocycles. The van der Waals surface area contributed by atoms with Crippen LogP contribution in [0.4, 0.5) is 15.8 Å². The summed E-state index contributed by atoms with van der Waals surface area (Å²) in [5.41, 5.74) is 7.02. The Morgan fingerprint density at radius 1 is 1.15 bits per heavy atom. The zero-order valence-electron chi connectivity index (χ0n) is 10.3. The van der Waals surface area contributed by atoms with Crippen LogP contribution >= 0.6 is 15.9 Å². The van der Waals surface area contributed by atoms with Crippen molar-refractivity contribution in [2.24, 2.45) is 0 Å². The van der Waals surface area contributed by atoms with E-state index in [1.54, 1.807) is 24.3 Å². The standard InChI is InChI=1S/C13H12BrFN2O2S/c14-12-7-10(15)3-6-13(12)17-20(18,19)8-9-1-4-11(16)5-2-9/h1-7,17H,8,16H2. The van der Waals surface area contributed by atoms with Crippen LogP contribution in [-0.4, -0.2) is 8.42 Å². The molecule has 20 heavy (non-hydrogen) atoms. The first kappa shape index (κ1) is 14.8. The molecule has 0 saturated heterocycles. The third kappa shape index (κ3) is 3.94. The zero-order valence-corrected chi connectivity index (χ0v) is 12.7. The minimum Gasteiger partial charge on any atom is -0.399 e. The van der Waals surface area contributed by atoms with Gasteiger partial charge in [0.1, 0.15) is 5.82 Å². The summed E-state index contributed by atoms with van der Waals surface area (Å²) < 4.78 is 39.8. The number of nitrogens with one attached hydrogen (secondary N) is 1. The van der Waals surface area contributed by atoms with E-state index < -0.39 is 15.8 Å². The van der Waals surface area contributed by atoms with Crippen LogP contribution in [0.2, 0.25) is 0 Å². The number of sulfonamides is 1. The van der Waals surface area contributed by atoms with Gasteiger partial charge in [0.05, 0.1) is 11.4 Å². The maximum Gasteiger partial charge on any atom is 0.236 e. The maximum absolute atomic E-state index is 12.9. The number of anilines is 2. The third-order valence-electron chi connectivity index (χ3n) is 2.53. The minimum atomic E-state index is -3.58. The van der Waals surface area contributed by atoms with Crippen LogP contribution < -0.4 is 10.5 Å². The summed E-state index contributed by atoms with van der Waals surface area (Å²) in [7, 11) is -3.58. The van der Waals surface area contributed by atoms with E-state index in [0.29, 0.717) is 21.4 Å². The fourth-order valence-corrected chi connectivity index (χ4v) is 3.41. The van der Waals surface area contributed by atoms with E-state index >= 15 is 0 Å². The van der Waals surface area contributed by atoms with E-state index in [9.17, 15) is 12.8 Å². The third-order valence-corrected chi connectivity index (χ3v) is 4.43. The highest BCUT2D eigenvalue weighted by atomic mass is 79.9. The number of nitrogens with two attached hydrogens (primary N) is 1. The van der Waals surface area contributed by atoms with Crippen LogP contribution in [0.25, 0.3) is 0 Å². The molecule has 0 spiro atoms. The average molecular weight is 359 g/mol. The predicted octanol–water partition coefficient (Wildman–Crippen LogP) is 3.11. The molecule has 0 amide bonds. The fourth-order valence-electron chi connectivity index (χ4n) is 1.61. The van der Waals surface area contributed by atoms with Gasteiger partial charge in [0.15, 0.2) is 0 Å². The lowest BCUT2D eigenvalue weighted by molar-refractivity contribution is 0.600. The molecule has 0 aliphatic carbocycles. The molecule has 0 heterocycles. The Bertz CT molecular complexity index is 718. The largest absolute Gasteiger partial charge is 0.399 e. The number of rotatable bonds is 4. The van der Waals surface area contributed by atoms with Gasteiger partial charge < -0.3 is 5.73 Å². The monoisotopic (exact) mass is 358 g/mol. The molecule has 0 unspecified atom stereocenters. The SMILES string of the molecule is Nc1ccc(CS(=O)(=O)Nc2ccc(F)cc2Br)cc1. The van der Waals surface area contributed by atoms with Crippen molar-refractivity contribution in [1.82, 2.24) is 0 Å². The molecule has 0 radical (unpaired) electrons. The second-order valence-corrected chi connectivity index (χ2v) is 6.80. The van der Waals surface area contributed by atoms with E-state index in [1.165, 1.54) is 18.2 Å². The summed E-state index contributed by atoms with van der Waals surface area (Å²) in [6.45, 7) is 0.